The number of carbonyl (C=O) groups excluding carboxylic acids is 1. The summed E-state index contributed by atoms with van der Waals surface area (Å²) in [7, 11) is 0. The lowest BCUT2D eigenvalue weighted by atomic mass is 10.2. The molecule has 0 spiro atoms. The smallest absolute Gasteiger partial charge is 0.333 e. The van der Waals surface area contributed by atoms with Crippen molar-refractivity contribution in [3.05, 3.63) is 54.1 Å². The maximum atomic E-state index is 12.5. The molecule has 2 N–H and O–H groups in total. The Hall–Kier alpha value is -2.48. The highest BCUT2D eigenvalue weighted by atomic mass is 32.2. The molecule has 1 heterocycles. The average Bonchev–Trinajstić information content (AvgIpc) is 2.96. The van der Waals surface area contributed by atoms with Crippen molar-refractivity contribution in [2.24, 2.45) is 0 Å². The molecule has 0 saturated carbocycles. The summed E-state index contributed by atoms with van der Waals surface area (Å²) in [6.07, 6.45) is -4.40. The highest BCUT2D eigenvalue weighted by Crippen LogP contribution is 2.30. The van der Waals surface area contributed by atoms with Gasteiger partial charge in [0.05, 0.1) is 21.8 Å². The fraction of sp³-hybridized carbons (Fsp3) is 0.176. The van der Waals surface area contributed by atoms with Crippen LogP contribution in [0, 0.1) is 0 Å². The molecule has 0 aliphatic heterocycles. The number of hydrogen-bond acceptors (Lipinski definition) is 3. The summed E-state index contributed by atoms with van der Waals surface area (Å²) in [5.74, 6) is -0.315. The first kappa shape index (κ1) is 17.3. The Balaban J connectivity index is 1.64. The number of nitrogens with zero attached hydrogens (tertiary/aromatic N) is 1. The molecule has 0 saturated heterocycles. The van der Waals surface area contributed by atoms with Gasteiger partial charge in [-0.1, -0.05) is 23.9 Å². The molecular formula is C17H14F3N3OS. The normalized spacial score (nSPS) is 13.0. The number of benzene rings is 2. The molecule has 4 nitrogen and oxygen atoms in total. The van der Waals surface area contributed by atoms with Gasteiger partial charge in [-0.15, -0.1) is 0 Å². The zero-order valence-corrected chi connectivity index (χ0v) is 13.9. The first-order valence-corrected chi connectivity index (χ1v) is 8.30. The number of imidazole rings is 1. The second-order valence-corrected chi connectivity index (χ2v) is 6.71. The number of carbonyl (C=O) groups is 1. The van der Waals surface area contributed by atoms with Gasteiger partial charge in [0.2, 0.25) is 5.91 Å². The molecule has 1 aromatic heterocycles. The Morgan fingerprint density at radius 2 is 1.84 bits per heavy atom. The Morgan fingerprint density at radius 3 is 2.48 bits per heavy atom. The third-order valence-corrected chi connectivity index (χ3v) is 4.49. The average molecular weight is 365 g/mol. The van der Waals surface area contributed by atoms with Crippen molar-refractivity contribution in [3.8, 4) is 0 Å². The standard InChI is InChI=1S/C17H14F3N3OS/c1-10(25-16-22-13-4-2-3-5-14(13)23-16)15(24)21-12-8-6-11(7-9-12)17(18,19)20/h2-10H,1H3,(H,21,24)(H,22,23)/t10-/m1/s1. The molecule has 0 unspecified atom stereocenters. The molecular weight excluding hydrogens is 351 g/mol. The summed E-state index contributed by atoms with van der Waals surface area (Å²) in [6, 6.07) is 11.9. The second kappa shape index (κ2) is 6.79. The van der Waals surface area contributed by atoms with Crippen LogP contribution in [0.1, 0.15) is 12.5 Å². The summed E-state index contributed by atoms with van der Waals surface area (Å²) >= 11 is 1.25. The number of aromatic amines is 1. The number of H-pyrrole nitrogens is 1. The van der Waals surface area contributed by atoms with Crippen molar-refractivity contribution in [2.45, 2.75) is 23.5 Å². The van der Waals surface area contributed by atoms with Gasteiger partial charge in [-0.05, 0) is 43.3 Å². The minimum atomic E-state index is -4.40. The summed E-state index contributed by atoms with van der Waals surface area (Å²) < 4.78 is 37.6. The predicted molar refractivity (Wildman–Crippen MR) is 91.5 cm³/mol. The molecule has 0 radical (unpaired) electrons. The number of aromatic nitrogens is 2. The fourth-order valence-electron chi connectivity index (χ4n) is 2.19. The van der Waals surface area contributed by atoms with E-state index in [4.69, 9.17) is 0 Å². The lowest BCUT2D eigenvalue weighted by molar-refractivity contribution is -0.137. The maximum absolute atomic E-state index is 12.5. The van der Waals surface area contributed by atoms with E-state index in [0.717, 1.165) is 23.2 Å². The van der Waals surface area contributed by atoms with E-state index in [1.807, 2.05) is 24.3 Å². The van der Waals surface area contributed by atoms with E-state index < -0.39 is 17.0 Å². The Kier molecular flexibility index (Phi) is 4.71. The number of anilines is 1. The van der Waals surface area contributed by atoms with Crippen LogP contribution in [0.2, 0.25) is 0 Å². The van der Waals surface area contributed by atoms with E-state index in [1.54, 1.807) is 6.92 Å². The highest BCUT2D eigenvalue weighted by Gasteiger charge is 2.30. The van der Waals surface area contributed by atoms with Crippen molar-refractivity contribution in [1.29, 1.82) is 0 Å². The topological polar surface area (TPSA) is 57.8 Å². The van der Waals surface area contributed by atoms with E-state index in [2.05, 4.69) is 15.3 Å². The maximum Gasteiger partial charge on any atom is 0.416 e. The van der Waals surface area contributed by atoms with Crippen LogP contribution in [-0.2, 0) is 11.0 Å². The molecule has 1 amide bonds. The number of amides is 1. The molecule has 25 heavy (non-hydrogen) atoms. The summed E-state index contributed by atoms with van der Waals surface area (Å²) in [4.78, 5) is 19.7. The van der Waals surface area contributed by atoms with E-state index >= 15 is 0 Å². The molecule has 0 fully saturated rings. The first-order valence-electron chi connectivity index (χ1n) is 7.42. The van der Waals surface area contributed by atoms with E-state index in [1.165, 1.54) is 23.9 Å². The number of alkyl halides is 3. The van der Waals surface area contributed by atoms with Crippen LogP contribution in [0.5, 0.6) is 0 Å². The van der Waals surface area contributed by atoms with Crippen molar-refractivity contribution in [2.75, 3.05) is 5.32 Å². The lowest BCUT2D eigenvalue weighted by Crippen LogP contribution is -2.22. The largest absolute Gasteiger partial charge is 0.416 e. The molecule has 1 atom stereocenters. The minimum absolute atomic E-state index is 0.315. The van der Waals surface area contributed by atoms with Gasteiger partial charge >= 0.3 is 6.18 Å². The van der Waals surface area contributed by atoms with Gasteiger partial charge in [0, 0.05) is 5.69 Å². The molecule has 0 aliphatic carbocycles. The lowest BCUT2D eigenvalue weighted by Gasteiger charge is -2.12. The number of halogens is 3. The molecule has 8 heteroatoms. The third-order valence-electron chi connectivity index (χ3n) is 3.51. The predicted octanol–water partition coefficient (Wildman–Crippen LogP) is 4.70. The van der Waals surface area contributed by atoms with Gasteiger partial charge < -0.3 is 10.3 Å². The van der Waals surface area contributed by atoms with Crippen LogP contribution >= 0.6 is 11.8 Å². The molecule has 3 rings (SSSR count). The number of rotatable bonds is 4. The van der Waals surface area contributed by atoms with Crippen LogP contribution in [0.15, 0.2) is 53.7 Å². The van der Waals surface area contributed by atoms with Crippen molar-refractivity contribution in [1.82, 2.24) is 9.97 Å². The molecule has 0 aliphatic rings. The Bertz CT molecular complexity index is 857. The van der Waals surface area contributed by atoms with E-state index in [9.17, 15) is 18.0 Å². The van der Waals surface area contributed by atoms with Gasteiger partial charge in [0.25, 0.3) is 0 Å². The quantitative estimate of drug-likeness (QED) is 0.659. The second-order valence-electron chi connectivity index (χ2n) is 5.38. The van der Waals surface area contributed by atoms with Crippen LogP contribution in [0.25, 0.3) is 11.0 Å². The first-order chi connectivity index (χ1) is 11.8. The fourth-order valence-corrected chi connectivity index (χ4v) is 3.01. The number of fused-ring (bicyclic) bond motifs is 1. The summed E-state index contributed by atoms with van der Waals surface area (Å²) in [5, 5.41) is 2.74. The van der Waals surface area contributed by atoms with Gasteiger partial charge in [0.1, 0.15) is 0 Å². The van der Waals surface area contributed by atoms with Crippen LogP contribution in [0.3, 0.4) is 0 Å². The summed E-state index contributed by atoms with van der Waals surface area (Å²) in [5.41, 5.74) is 1.24. The number of nitrogens with one attached hydrogen (secondary N) is 2. The SMILES string of the molecule is C[C@@H](Sc1nc2ccccc2[nH]1)C(=O)Nc1ccc(C(F)(F)F)cc1. The van der Waals surface area contributed by atoms with E-state index in [-0.39, 0.29) is 5.91 Å². The summed E-state index contributed by atoms with van der Waals surface area (Å²) in [6.45, 7) is 1.71. The minimum Gasteiger partial charge on any atom is -0.333 e. The van der Waals surface area contributed by atoms with Gasteiger partial charge in [-0.2, -0.15) is 13.2 Å². The van der Waals surface area contributed by atoms with Crippen molar-refractivity contribution < 1.29 is 18.0 Å². The zero-order valence-electron chi connectivity index (χ0n) is 13.1. The number of para-hydroxylation sites is 2. The van der Waals surface area contributed by atoms with Gasteiger partial charge in [0.15, 0.2) is 5.16 Å². The highest BCUT2D eigenvalue weighted by molar-refractivity contribution is 8.00. The molecule has 130 valence electrons. The Morgan fingerprint density at radius 1 is 1.16 bits per heavy atom. The van der Waals surface area contributed by atoms with E-state index in [0.29, 0.717) is 10.8 Å². The van der Waals surface area contributed by atoms with Crippen molar-refractivity contribution in [3.63, 3.8) is 0 Å². The molecule has 2 aromatic carbocycles. The number of hydrogen-bond donors (Lipinski definition) is 2. The zero-order chi connectivity index (χ0) is 18.0. The number of thioether (sulfide) groups is 1. The van der Waals surface area contributed by atoms with Gasteiger partial charge in [-0.25, -0.2) is 4.98 Å². The molecule has 0 bridgehead atoms. The van der Waals surface area contributed by atoms with Crippen LogP contribution in [0.4, 0.5) is 18.9 Å². The third kappa shape index (κ3) is 4.14. The van der Waals surface area contributed by atoms with Crippen LogP contribution in [-0.4, -0.2) is 21.1 Å². The van der Waals surface area contributed by atoms with Gasteiger partial charge in [-0.3, -0.25) is 4.79 Å². The monoisotopic (exact) mass is 365 g/mol. The van der Waals surface area contributed by atoms with Crippen LogP contribution < -0.4 is 5.32 Å². The Labute approximate surface area is 145 Å². The molecule has 3 aromatic rings. The van der Waals surface area contributed by atoms with Crippen molar-refractivity contribution >= 4 is 34.4 Å².